The van der Waals surface area contributed by atoms with E-state index in [1.54, 1.807) is 12.1 Å². The Balaban J connectivity index is 1.62. The van der Waals surface area contributed by atoms with Gasteiger partial charge in [-0.05, 0) is 17.7 Å². The zero-order chi connectivity index (χ0) is 15.2. The Bertz CT molecular complexity index is 687. The average Bonchev–Trinajstić information content (AvgIpc) is 2.84. The van der Waals surface area contributed by atoms with Gasteiger partial charge in [0.05, 0.1) is 6.61 Å². The highest BCUT2D eigenvalue weighted by Crippen LogP contribution is 2.50. The first-order valence-electron chi connectivity index (χ1n) is 7.83. The van der Waals surface area contributed by atoms with Crippen LogP contribution in [-0.4, -0.2) is 24.6 Å². The van der Waals surface area contributed by atoms with Crippen molar-refractivity contribution in [3.8, 4) is 5.75 Å². The van der Waals surface area contributed by atoms with Crippen LogP contribution in [0.25, 0.3) is 0 Å². The van der Waals surface area contributed by atoms with Crippen LogP contribution in [0.3, 0.4) is 0 Å². The Morgan fingerprint density at radius 1 is 1.18 bits per heavy atom. The summed E-state index contributed by atoms with van der Waals surface area (Å²) in [7, 11) is 0. The summed E-state index contributed by atoms with van der Waals surface area (Å²) in [6, 6.07) is 15.6. The lowest BCUT2D eigenvalue weighted by molar-refractivity contribution is 0.125. The van der Waals surface area contributed by atoms with Gasteiger partial charge in [0, 0.05) is 36.5 Å². The van der Waals surface area contributed by atoms with Crippen molar-refractivity contribution in [2.45, 2.75) is 19.4 Å². The van der Waals surface area contributed by atoms with E-state index in [0.29, 0.717) is 6.61 Å². The largest absolute Gasteiger partial charge is 0.493 e. The number of nitrogens with zero attached hydrogens (tertiary/aromatic N) is 1. The molecule has 2 aliphatic heterocycles. The van der Waals surface area contributed by atoms with Gasteiger partial charge in [-0.25, -0.2) is 4.39 Å². The van der Waals surface area contributed by atoms with E-state index in [0.717, 1.165) is 30.9 Å². The van der Waals surface area contributed by atoms with E-state index in [1.807, 2.05) is 12.1 Å². The summed E-state index contributed by atoms with van der Waals surface area (Å²) >= 11 is 0. The third-order valence-electron chi connectivity index (χ3n) is 5.03. The van der Waals surface area contributed by atoms with Gasteiger partial charge < -0.3 is 4.74 Å². The average molecular weight is 297 g/mol. The van der Waals surface area contributed by atoms with Gasteiger partial charge in [-0.2, -0.15) is 0 Å². The smallest absolute Gasteiger partial charge is 0.130 e. The Morgan fingerprint density at radius 3 is 2.82 bits per heavy atom. The SMILES string of the molecule is C[C@@]12COc3cccc(F)c3[C@@H]1CN(Cc1ccccc1)C2. The fourth-order valence-electron chi connectivity index (χ4n) is 3.94. The Hall–Kier alpha value is -1.87. The third-order valence-corrected chi connectivity index (χ3v) is 5.03. The molecule has 4 rings (SSSR count). The van der Waals surface area contributed by atoms with E-state index in [9.17, 15) is 4.39 Å². The fraction of sp³-hybridized carbons (Fsp3) is 0.368. The molecule has 2 aliphatic rings. The minimum absolute atomic E-state index is 0.00995. The lowest BCUT2D eigenvalue weighted by Gasteiger charge is -2.36. The normalized spacial score (nSPS) is 27.1. The number of hydrogen-bond acceptors (Lipinski definition) is 2. The Morgan fingerprint density at radius 2 is 2.00 bits per heavy atom. The van der Waals surface area contributed by atoms with Crippen molar-refractivity contribution in [1.82, 2.24) is 4.90 Å². The van der Waals surface area contributed by atoms with Crippen LogP contribution in [-0.2, 0) is 6.54 Å². The van der Waals surface area contributed by atoms with Crippen molar-refractivity contribution in [2.24, 2.45) is 5.41 Å². The van der Waals surface area contributed by atoms with Crippen molar-refractivity contribution in [1.29, 1.82) is 0 Å². The predicted octanol–water partition coefficient (Wildman–Crippen LogP) is 3.82. The second-order valence-electron chi connectivity index (χ2n) is 6.80. The summed E-state index contributed by atoms with van der Waals surface area (Å²) in [5.74, 6) is 0.806. The third kappa shape index (κ3) is 2.20. The molecular formula is C19H20FNO. The van der Waals surface area contributed by atoms with Gasteiger partial charge in [-0.3, -0.25) is 4.90 Å². The molecule has 0 unspecified atom stereocenters. The van der Waals surface area contributed by atoms with E-state index in [4.69, 9.17) is 4.74 Å². The molecule has 1 saturated heterocycles. The topological polar surface area (TPSA) is 12.5 Å². The number of benzene rings is 2. The van der Waals surface area contributed by atoms with Crippen LogP contribution in [0.1, 0.15) is 24.0 Å². The van der Waals surface area contributed by atoms with Crippen molar-refractivity contribution < 1.29 is 9.13 Å². The lowest BCUT2D eigenvalue weighted by atomic mass is 9.74. The molecule has 22 heavy (non-hydrogen) atoms. The maximum absolute atomic E-state index is 14.3. The first kappa shape index (κ1) is 13.8. The van der Waals surface area contributed by atoms with Gasteiger partial charge >= 0.3 is 0 Å². The lowest BCUT2D eigenvalue weighted by Crippen LogP contribution is -2.36. The molecule has 2 aromatic carbocycles. The zero-order valence-corrected chi connectivity index (χ0v) is 12.8. The summed E-state index contributed by atoms with van der Waals surface area (Å²) in [5.41, 5.74) is 2.07. The highest BCUT2D eigenvalue weighted by atomic mass is 19.1. The van der Waals surface area contributed by atoms with Crippen LogP contribution in [0, 0.1) is 11.2 Å². The summed E-state index contributed by atoms with van der Waals surface area (Å²) in [6.07, 6.45) is 0. The molecule has 0 amide bonds. The summed E-state index contributed by atoms with van der Waals surface area (Å²) < 4.78 is 20.2. The van der Waals surface area contributed by atoms with E-state index < -0.39 is 0 Å². The number of halogens is 1. The van der Waals surface area contributed by atoms with Crippen molar-refractivity contribution in [2.75, 3.05) is 19.7 Å². The van der Waals surface area contributed by atoms with Gasteiger partial charge in [0.2, 0.25) is 0 Å². The second-order valence-corrected chi connectivity index (χ2v) is 6.80. The van der Waals surface area contributed by atoms with Crippen molar-refractivity contribution in [3.05, 3.63) is 65.5 Å². The molecule has 0 saturated carbocycles. The molecule has 3 heteroatoms. The van der Waals surface area contributed by atoms with E-state index >= 15 is 0 Å². The maximum atomic E-state index is 14.3. The summed E-state index contributed by atoms with van der Waals surface area (Å²) in [4.78, 5) is 2.42. The molecule has 114 valence electrons. The molecule has 0 aromatic heterocycles. The maximum Gasteiger partial charge on any atom is 0.130 e. The highest BCUT2D eigenvalue weighted by molar-refractivity contribution is 5.42. The van der Waals surface area contributed by atoms with Gasteiger partial charge in [0.25, 0.3) is 0 Å². The molecule has 0 radical (unpaired) electrons. The van der Waals surface area contributed by atoms with Gasteiger partial charge in [-0.1, -0.05) is 43.3 Å². The minimum Gasteiger partial charge on any atom is -0.493 e. The number of hydrogen-bond donors (Lipinski definition) is 0. The number of likely N-dealkylation sites (tertiary alicyclic amines) is 1. The minimum atomic E-state index is -0.130. The number of ether oxygens (including phenoxy) is 1. The quantitative estimate of drug-likeness (QED) is 0.835. The Kier molecular flexibility index (Phi) is 3.19. The Labute approximate surface area is 130 Å². The molecule has 2 atom stereocenters. The van der Waals surface area contributed by atoms with Crippen LogP contribution in [0.2, 0.25) is 0 Å². The van der Waals surface area contributed by atoms with Gasteiger partial charge in [-0.15, -0.1) is 0 Å². The molecule has 2 heterocycles. The molecule has 0 spiro atoms. The van der Waals surface area contributed by atoms with Crippen LogP contribution < -0.4 is 4.74 Å². The molecular weight excluding hydrogens is 277 g/mol. The first-order chi connectivity index (χ1) is 10.7. The van der Waals surface area contributed by atoms with Crippen LogP contribution in [0.15, 0.2) is 48.5 Å². The summed E-state index contributed by atoms with van der Waals surface area (Å²) in [5, 5.41) is 0. The highest BCUT2D eigenvalue weighted by Gasteiger charge is 2.48. The van der Waals surface area contributed by atoms with Crippen molar-refractivity contribution >= 4 is 0 Å². The second kappa shape index (κ2) is 5.10. The summed E-state index contributed by atoms with van der Waals surface area (Å²) in [6.45, 7) is 5.64. The van der Waals surface area contributed by atoms with Gasteiger partial charge in [0.15, 0.2) is 0 Å². The molecule has 2 nitrogen and oxygen atoms in total. The van der Waals surface area contributed by atoms with E-state index in [2.05, 4.69) is 36.1 Å². The molecule has 2 aromatic rings. The molecule has 0 aliphatic carbocycles. The van der Waals surface area contributed by atoms with Crippen molar-refractivity contribution in [3.63, 3.8) is 0 Å². The number of fused-ring (bicyclic) bond motifs is 3. The molecule has 0 N–H and O–H groups in total. The predicted molar refractivity (Wildman–Crippen MR) is 84.5 cm³/mol. The molecule has 1 fully saturated rings. The van der Waals surface area contributed by atoms with Crippen LogP contribution in [0.5, 0.6) is 5.75 Å². The first-order valence-corrected chi connectivity index (χ1v) is 7.83. The van der Waals surface area contributed by atoms with Gasteiger partial charge in [0.1, 0.15) is 11.6 Å². The monoisotopic (exact) mass is 297 g/mol. The standard InChI is InChI=1S/C19H20FNO/c1-19-12-21(10-14-6-3-2-4-7-14)11-15(19)18-16(20)8-5-9-17(18)22-13-19/h2-9,15H,10-13H2,1H3/t15-,19+/m0/s1. The molecule has 0 bridgehead atoms. The fourth-order valence-corrected chi connectivity index (χ4v) is 3.94. The zero-order valence-electron chi connectivity index (χ0n) is 12.8. The van der Waals surface area contributed by atoms with Crippen LogP contribution in [0.4, 0.5) is 4.39 Å². The van der Waals surface area contributed by atoms with E-state index in [-0.39, 0.29) is 17.2 Å². The van der Waals surface area contributed by atoms with Crippen LogP contribution >= 0.6 is 0 Å². The van der Waals surface area contributed by atoms with E-state index in [1.165, 1.54) is 5.56 Å². The number of rotatable bonds is 2.